The van der Waals surface area contributed by atoms with Crippen molar-refractivity contribution in [2.45, 2.75) is 13.0 Å². The maximum Gasteiger partial charge on any atom is 0.270 e. The average Bonchev–Trinajstić information content (AvgIpc) is 2.34. The Morgan fingerprint density at radius 1 is 1.61 bits per heavy atom. The number of methoxy groups -OCH3 is 1. The van der Waals surface area contributed by atoms with Crippen LogP contribution in [0.5, 0.6) is 5.75 Å². The Labute approximate surface area is 104 Å². The van der Waals surface area contributed by atoms with Gasteiger partial charge in [-0.25, -0.2) is 0 Å². The predicted molar refractivity (Wildman–Crippen MR) is 63.7 cm³/mol. The van der Waals surface area contributed by atoms with Crippen molar-refractivity contribution in [2.75, 3.05) is 13.7 Å². The molecule has 1 atom stereocenters. The first kappa shape index (κ1) is 13.9. The van der Waals surface area contributed by atoms with Gasteiger partial charge in [-0.3, -0.25) is 14.9 Å². The largest absolute Gasteiger partial charge is 0.496 e. The summed E-state index contributed by atoms with van der Waals surface area (Å²) in [7, 11) is 1.37. The fourth-order valence-corrected chi connectivity index (χ4v) is 1.32. The quantitative estimate of drug-likeness (QED) is 0.595. The van der Waals surface area contributed by atoms with Gasteiger partial charge in [0.25, 0.3) is 11.6 Å². The number of hydrogen-bond acceptors (Lipinski definition) is 5. The van der Waals surface area contributed by atoms with E-state index in [2.05, 4.69) is 5.32 Å². The molecule has 0 saturated heterocycles. The van der Waals surface area contributed by atoms with Crippen LogP contribution in [0.2, 0.25) is 0 Å². The number of amides is 1. The van der Waals surface area contributed by atoms with Gasteiger partial charge < -0.3 is 15.2 Å². The molecule has 0 aliphatic carbocycles. The Morgan fingerprint density at radius 3 is 2.78 bits per heavy atom. The second-order valence-corrected chi connectivity index (χ2v) is 3.70. The molecule has 0 spiro atoms. The number of aliphatic hydroxyl groups excluding tert-OH is 1. The smallest absolute Gasteiger partial charge is 0.270 e. The van der Waals surface area contributed by atoms with Crippen LogP contribution in [0.1, 0.15) is 17.3 Å². The van der Waals surface area contributed by atoms with Crippen LogP contribution in [0.3, 0.4) is 0 Å². The van der Waals surface area contributed by atoms with Crippen LogP contribution in [0.15, 0.2) is 18.2 Å². The molecule has 98 valence electrons. The molecule has 1 aromatic carbocycles. The monoisotopic (exact) mass is 254 g/mol. The Kier molecular flexibility index (Phi) is 4.61. The third-order valence-corrected chi connectivity index (χ3v) is 2.20. The first-order valence-corrected chi connectivity index (χ1v) is 5.24. The maximum absolute atomic E-state index is 11.8. The van der Waals surface area contributed by atoms with Gasteiger partial charge in [0.1, 0.15) is 5.75 Å². The minimum absolute atomic E-state index is 0.0602. The van der Waals surface area contributed by atoms with Crippen molar-refractivity contribution in [1.29, 1.82) is 0 Å². The van der Waals surface area contributed by atoms with E-state index in [0.717, 1.165) is 6.07 Å². The SMILES string of the molecule is COc1ccc([N+](=O)[O-])cc1C(=O)NC[C@H](C)O. The van der Waals surface area contributed by atoms with E-state index in [9.17, 15) is 14.9 Å². The van der Waals surface area contributed by atoms with Crippen LogP contribution >= 0.6 is 0 Å². The van der Waals surface area contributed by atoms with Crippen LogP contribution in [0, 0.1) is 10.1 Å². The summed E-state index contributed by atoms with van der Waals surface area (Å²) in [6.07, 6.45) is -0.696. The number of nitrogens with zero attached hydrogens (tertiary/aromatic N) is 1. The van der Waals surface area contributed by atoms with Crippen molar-refractivity contribution in [3.63, 3.8) is 0 Å². The van der Waals surface area contributed by atoms with Crippen molar-refractivity contribution in [3.05, 3.63) is 33.9 Å². The maximum atomic E-state index is 11.8. The topological polar surface area (TPSA) is 102 Å². The van der Waals surface area contributed by atoms with Gasteiger partial charge in [0.05, 0.1) is 23.7 Å². The number of hydrogen-bond donors (Lipinski definition) is 2. The first-order chi connectivity index (χ1) is 8.45. The summed E-state index contributed by atoms with van der Waals surface area (Å²) in [5.74, 6) is -0.292. The Morgan fingerprint density at radius 2 is 2.28 bits per heavy atom. The van der Waals surface area contributed by atoms with E-state index in [-0.39, 0.29) is 23.5 Å². The standard InChI is InChI=1S/C11H14N2O5/c1-7(14)6-12-11(15)9-5-8(13(16)17)3-4-10(9)18-2/h3-5,7,14H,6H2,1-2H3,(H,12,15)/t7-/m0/s1. The van der Waals surface area contributed by atoms with E-state index in [0.29, 0.717) is 0 Å². The number of nitrogens with one attached hydrogen (secondary N) is 1. The van der Waals surface area contributed by atoms with Gasteiger partial charge in [-0.2, -0.15) is 0 Å². The molecule has 0 aliphatic rings. The molecule has 1 rings (SSSR count). The summed E-state index contributed by atoms with van der Waals surface area (Å²) in [5, 5.41) is 22.1. The molecule has 1 amide bonds. The molecule has 2 N–H and O–H groups in total. The summed E-state index contributed by atoms with van der Waals surface area (Å²) in [6.45, 7) is 1.58. The fourth-order valence-electron chi connectivity index (χ4n) is 1.32. The van der Waals surface area contributed by atoms with Gasteiger partial charge in [-0.1, -0.05) is 0 Å². The van der Waals surface area contributed by atoms with E-state index in [4.69, 9.17) is 9.84 Å². The molecule has 0 radical (unpaired) electrons. The Bertz CT molecular complexity index is 459. The lowest BCUT2D eigenvalue weighted by atomic mass is 10.1. The number of benzene rings is 1. The Balaban J connectivity index is 3.00. The van der Waals surface area contributed by atoms with E-state index in [1.807, 2.05) is 0 Å². The highest BCUT2D eigenvalue weighted by atomic mass is 16.6. The van der Waals surface area contributed by atoms with Crippen LogP contribution in [0.25, 0.3) is 0 Å². The molecule has 18 heavy (non-hydrogen) atoms. The van der Waals surface area contributed by atoms with E-state index < -0.39 is 16.9 Å². The number of nitro groups is 1. The molecule has 7 heteroatoms. The average molecular weight is 254 g/mol. The van der Waals surface area contributed by atoms with Crippen molar-refractivity contribution >= 4 is 11.6 Å². The minimum atomic E-state index is -0.696. The molecular formula is C11H14N2O5. The number of non-ortho nitro benzene ring substituents is 1. The lowest BCUT2D eigenvalue weighted by Gasteiger charge is -2.10. The summed E-state index contributed by atoms with van der Waals surface area (Å²) >= 11 is 0. The van der Waals surface area contributed by atoms with Crippen molar-refractivity contribution in [1.82, 2.24) is 5.32 Å². The number of ether oxygens (including phenoxy) is 1. The van der Waals surface area contributed by atoms with E-state index in [1.165, 1.54) is 26.2 Å². The highest BCUT2D eigenvalue weighted by Crippen LogP contribution is 2.23. The molecule has 1 aromatic rings. The summed E-state index contributed by atoms with van der Waals surface area (Å²) in [6, 6.07) is 3.75. The number of rotatable bonds is 5. The zero-order valence-electron chi connectivity index (χ0n) is 10.0. The third-order valence-electron chi connectivity index (χ3n) is 2.20. The van der Waals surface area contributed by atoms with Gasteiger partial charge in [-0.15, -0.1) is 0 Å². The molecule has 0 unspecified atom stereocenters. The molecule has 0 heterocycles. The zero-order chi connectivity index (χ0) is 13.7. The predicted octanol–water partition coefficient (Wildman–Crippen LogP) is 0.714. The highest BCUT2D eigenvalue weighted by molar-refractivity contribution is 5.97. The number of carbonyl (C=O) groups is 1. The van der Waals surface area contributed by atoms with Crippen molar-refractivity contribution in [3.8, 4) is 5.75 Å². The van der Waals surface area contributed by atoms with Crippen LogP contribution < -0.4 is 10.1 Å². The van der Waals surface area contributed by atoms with E-state index >= 15 is 0 Å². The van der Waals surface area contributed by atoms with Gasteiger partial charge in [0.15, 0.2) is 0 Å². The summed E-state index contributed by atoms with van der Waals surface area (Å²) in [5.41, 5.74) is -0.134. The van der Waals surface area contributed by atoms with Crippen molar-refractivity contribution < 1.29 is 19.6 Å². The van der Waals surface area contributed by atoms with Crippen LogP contribution in [-0.4, -0.2) is 35.7 Å². The molecule has 0 saturated carbocycles. The molecular weight excluding hydrogens is 240 g/mol. The van der Waals surface area contributed by atoms with Crippen molar-refractivity contribution in [2.24, 2.45) is 0 Å². The molecule has 0 fully saturated rings. The minimum Gasteiger partial charge on any atom is -0.496 e. The van der Waals surface area contributed by atoms with Gasteiger partial charge >= 0.3 is 0 Å². The molecule has 0 aliphatic heterocycles. The second-order valence-electron chi connectivity index (χ2n) is 3.70. The molecule has 0 aromatic heterocycles. The first-order valence-electron chi connectivity index (χ1n) is 5.24. The fraction of sp³-hybridized carbons (Fsp3) is 0.364. The van der Waals surface area contributed by atoms with Crippen LogP contribution in [-0.2, 0) is 0 Å². The Hall–Kier alpha value is -2.15. The number of carbonyl (C=O) groups excluding carboxylic acids is 1. The number of aliphatic hydroxyl groups is 1. The molecule has 0 bridgehead atoms. The number of nitro benzene ring substituents is 1. The van der Waals surface area contributed by atoms with Crippen LogP contribution in [0.4, 0.5) is 5.69 Å². The lowest BCUT2D eigenvalue weighted by molar-refractivity contribution is -0.384. The summed E-state index contributed by atoms with van der Waals surface area (Å²) < 4.78 is 4.96. The molecule has 7 nitrogen and oxygen atoms in total. The zero-order valence-corrected chi connectivity index (χ0v) is 10.0. The van der Waals surface area contributed by atoms with Gasteiger partial charge in [0.2, 0.25) is 0 Å². The lowest BCUT2D eigenvalue weighted by Crippen LogP contribution is -2.30. The third kappa shape index (κ3) is 3.42. The highest BCUT2D eigenvalue weighted by Gasteiger charge is 2.17. The second kappa shape index (κ2) is 5.97. The normalized spacial score (nSPS) is 11.7. The van der Waals surface area contributed by atoms with E-state index in [1.54, 1.807) is 0 Å². The van der Waals surface area contributed by atoms with Gasteiger partial charge in [0, 0.05) is 18.7 Å². The van der Waals surface area contributed by atoms with Gasteiger partial charge in [-0.05, 0) is 13.0 Å². The summed E-state index contributed by atoms with van der Waals surface area (Å²) in [4.78, 5) is 21.8.